The summed E-state index contributed by atoms with van der Waals surface area (Å²) in [5, 5.41) is 1.77. The lowest BCUT2D eigenvalue weighted by atomic mass is 10.2. The molecule has 0 radical (unpaired) electrons. The molecule has 1 unspecified atom stereocenters. The zero-order valence-corrected chi connectivity index (χ0v) is 9.95. The average molecular weight is 201 g/mol. The van der Waals surface area contributed by atoms with Gasteiger partial charge in [0.2, 0.25) is 0 Å². The maximum Gasteiger partial charge on any atom is 0.0808 e. The predicted octanol–water partition coefficient (Wildman–Crippen LogP) is 0.662. The van der Waals surface area contributed by atoms with Gasteiger partial charge in [0.05, 0.1) is 12.6 Å². The molecule has 0 aliphatic rings. The van der Waals surface area contributed by atoms with Crippen LogP contribution in [0.2, 0.25) is 0 Å². The lowest BCUT2D eigenvalue weighted by Crippen LogP contribution is -2.47. The van der Waals surface area contributed by atoms with Crippen molar-refractivity contribution in [2.45, 2.75) is 19.9 Å². The standard InChI is InChI=1S/C10H23N3O/c1-6-9(2)13(11)10(8-14-5)7-12(3)4/h6,10H,7-8,11H2,1-5H3/b9-6-. The second-order valence-electron chi connectivity index (χ2n) is 3.71. The monoisotopic (exact) mass is 201 g/mol. The Hall–Kier alpha value is -0.580. The van der Waals surface area contributed by atoms with Crippen molar-refractivity contribution in [2.24, 2.45) is 5.84 Å². The number of hydrazine groups is 1. The van der Waals surface area contributed by atoms with Crippen LogP contribution in [0.1, 0.15) is 13.8 Å². The molecule has 0 spiro atoms. The minimum Gasteiger partial charge on any atom is -0.382 e. The Bertz CT molecular complexity index is 180. The van der Waals surface area contributed by atoms with Crippen LogP contribution in [0.3, 0.4) is 0 Å². The average Bonchev–Trinajstić information content (AvgIpc) is 2.14. The zero-order chi connectivity index (χ0) is 11.1. The van der Waals surface area contributed by atoms with Gasteiger partial charge < -0.3 is 14.6 Å². The van der Waals surface area contributed by atoms with Crippen molar-refractivity contribution in [3.8, 4) is 0 Å². The van der Waals surface area contributed by atoms with Gasteiger partial charge in [-0.05, 0) is 27.9 Å². The quantitative estimate of drug-likeness (QED) is 0.506. The van der Waals surface area contributed by atoms with Crippen LogP contribution in [0, 0.1) is 0 Å². The number of allylic oxidation sites excluding steroid dienone is 2. The van der Waals surface area contributed by atoms with E-state index in [0.717, 1.165) is 12.2 Å². The Labute approximate surface area is 87.3 Å². The van der Waals surface area contributed by atoms with Crippen LogP contribution < -0.4 is 5.84 Å². The number of methoxy groups -OCH3 is 1. The first-order chi connectivity index (χ1) is 6.52. The molecule has 0 aliphatic carbocycles. The molecule has 0 aromatic rings. The summed E-state index contributed by atoms with van der Waals surface area (Å²) in [6.07, 6.45) is 2.00. The number of hydrogen-bond donors (Lipinski definition) is 1. The first-order valence-electron chi connectivity index (χ1n) is 4.83. The fourth-order valence-corrected chi connectivity index (χ4v) is 1.27. The second kappa shape index (κ2) is 6.81. The number of nitrogens with two attached hydrogens (primary N) is 1. The molecule has 0 heterocycles. The van der Waals surface area contributed by atoms with Gasteiger partial charge in [0.1, 0.15) is 0 Å². The molecule has 84 valence electrons. The smallest absolute Gasteiger partial charge is 0.0808 e. The van der Waals surface area contributed by atoms with Gasteiger partial charge in [-0.1, -0.05) is 6.08 Å². The molecule has 1 atom stereocenters. The lowest BCUT2D eigenvalue weighted by Gasteiger charge is -2.31. The summed E-state index contributed by atoms with van der Waals surface area (Å²) in [5.74, 6) is 5.96. The van der Waals surface area contributed by atoms with E-state index >= 15 is 0 Å². The number of ether oxygens (including phenoxy) is 1. The molecule has 4 heteroatoms. The van der Waals surface area contributed by atoms with E-state index in [1.807, 2.05) is 34.0 Å². The van der Waals surface area contributed by atoms with Crippen LogP contribution >= 0.6 is 0 Å². The van der Waals surface area contributed by atoms with Crippen molar-refractivity contribution in [1.82, 2.24) is 9.91 Å². The molecule has 0 saturated carbocycles. The van der Waals surface area contributed by atoms with Gasteiger partial charge in [-0.15, -0.1) is 0 Å². The van der Waals surface area contributed by atoms with Crippen LogP contribution in [-0.2, 0) is 4.74 Å². The largest absolute Gasteiger partial charge is 0.382 e. The Balaban J connectivity index is 4.31. The van der Waals surface area contributed by atoms with Crippen molar-refractivity contribution < 1.29 is 4.74 Å². The van der Waals surface area contributed by atoms with Crippen molar-refractivity contribution in [2.75, 3.05) is 34.4 Å². The van der Waals surface area contributed by atoms with Crippen LogP contribution in [0.25, 0.3) is 0 Å². The van der Waals surface area contributed by atoms with Crippen LogP contribution in [0.5, 0.6) is 0 Å². The molecule has 14 heavy (non-hydrogen) atoms. The number of hydrogen-bond acceptors (Lipinski definition) is 4. The fraction of sp³-hybridized carbons (Fsp3) is 0.800. The van der Waals surface area contributed by atoms with Gasteiger partial charge in [0, 0.05) is 19.4 Å². The summed E-state index contributed by atoms with van der Waals surface area (Å²) in [6.45, 7) is 5.50. The highest BCUT2D eigenvalue weighted by molar-refractivity contribution is 4.96. The highest BCUT2D eigenvalue weighted by Crippen LogP contribution is 2.04. The topological polar surface area (TPSA) is 41.7 Å². The molecule has 0 aromatic heterocycles. The summed E-state index contributed by atoms with van der Waals surface area (Å²) < 4.78 is 5.15. The van der Waals surface area contributed by atoms with E-state index in [2.05, 4.69) is 4.90 Å². The van der Waals surface area contributed by atoms with Gasteiger partial charge in [0.25, 0.3) is 0 Å². The molecule has 0 aromatic carbocycles. The van der Waals surface area contributed by atoms with Crippen molar-refractivity contribution in [1.29, 1.82) is 0 Å². The van der Waals surface area contributed by atoms with E-state index < -0.39 is 0 Å². The van der Waals surface area contributed by atoms with Crippen LogP contribution in [0.4, 0.5) is 0 Å². The van der Waals surface area contributed by atoms with Gasteiger partial charge >= 0.3 is 0 Å². The molecule has 2 N–H and O–H groups in total. The van der Waals surface area contributed by atoms with Crippen molar-refractivity contribution >= 4 is 0 Å². The molecule has 4 nitrogen and oxygen atoms in total. The minimum absolute atomic E-state index is 0.200. The molecular formula is C10H23N3O. The number of likely N-dealkylation sites (N-methyl/N-ethyl adjacent to an activating group) is 1. The van der Waals surface area contributed by atoms with Crippen LogP contribution in [0.15, 0.2) is 11.8 Å². The van der Waals surface area contributed by atoms with E-state index in [1.165, 1.54) is 0 Å². The zero-order valence-electron chi connectivity index (χ0n) is 9.95. The van der Waals surface area contributed by atoms with E-state index in [0.29, 0.717) is 6.61 Å². The summed E-state index contributed by atoms with van der Waals surface area (Å²) in [7, 11) is 5.75. The van der Waals surface area contributed by atoms with E-state index in [1.54, 1.807) is 12.1 Å². The summed E-state index contributed by atoms with van der Waals surface area (Å²) >= 11 is 0. The minimum atomic E-state index is 0.200. The molecule has 0 saturated heterocycles. The van der Waals surface area contributed by atoms with Gasteiger partial charge in [0.15, 0.2) is 0 Å². The molecule has 0 amide bonds. The Morgan fingerprint density at radius 1 is 1.50 bits per heavy atom. The number of nitrogens with zero attached hydrogens (tertiary/aromatic N) is 2. The SMILES string of the molecule is C/C=C(/C)N(N)C(COC)CN(C)C. The van der Waals surface area contributed by atoms with E-state index in [9.17, 15) is 0 Å². The Morgan fingerprint density at radius 2 is 2.07 bits per heavy atom. The maximum atomic E-state index is 5.96. The first kappa shape index (κ1) is 13.4. The first-order valence-corrected chi connectivity index (χ1v) is 4.83. The van der Waals surface area contributed by atoms with E-state index in [-0.39, 0.29) is 6.04 Å². The molecule has 0 rings (SSSR count). The molecule has 0 aliphatic heterocycles. The predicted molar refractivity (Wildman–Crippen MR) is 59.7 cm³/mol. The fourth-order valence-electron chi connectivity index (χ4n) is 1.27. The molecule has 0 bridgehead atoms. The second-order valence-corrected chi connectivity index (χ2v) is 3.71. The summed E-state index contributed by atoms with van der Waals surface area (Å²) in [5.41, 5.74) is 1.06. The third-order valence-electron chi connectivity index (χ3n) is 2.15. The third-order valence-corrected chi connectivity index (χ3v) is 2.15. The summed E-state index contributed by atoms with van der Waals surface area (Å²) in [4.78, 5) is 2.10. The normalized spacial score (nSPS) is 14.6. The Kier molecular flexibility index (Phi) is 6.53. The van der Waals surface area contributed by atoms with Crippen LogP contribution in [-0.4, -0.2) is 50.3 Å². The maximum absolute atomic E-state index is 5.96. The Morgan fingerprint density at radius 3 is 2.43 bits per heavy atom. The van der Waals surface area contributed by atoms with Gasteiger partial charge in [-0.2, -0.15) is 0 Å². The van der Waals surface area contributed by atoms with Gasteiger partial charge in [-0.25, -0.2) is 5.84 Å². The molecule has 0 fully saturated rings. The van der Waals surface area contributed by atoms with Crippen molar-refractivity contribution in [3.05, 3.63) is 11.8 Å². The third kappa shape index (κ3) is 4.60. The highest BCUT2D eigenvalue weighted by atomic mass is 16.5. The van der Waals surface area contributed by atoms with E-state index in [4.69, 9.17) is 10.6 Å². The highest BCUT2D eigenvalue weighted by Gasteiger charge is 2.15. The lowest BCUT2D eigenvalue weighted by molar-refractivity contribution is 0.0934. The molecular weight excluding hydrogens is 178 g/mol. The number of rotatable bonds is 6. The van der Waals surface area contributed by atoms with Crippen molar-refractivity contribution in [3.63, 3.8) is 0 Å². The summed E-state index contributed by atoms with van der Waals surface area (Å²) in [6, 6.07) is 0.200. The van der Waals surface area contributed by atoms with Gasteiger partial charge in [-0.3, -0.25) is 0 Å².